The van der Waals surface area contributed by atoms with Crippen LogP contribution in [0, 0.1) is 0 Å². The normalized spacial score (nSPS) is 14.0. The molecule has 3 aromatic heterocycles. The molecule has 1 aliphatic rings. The van der Waals surface area contributed by atoms with Crippen LogP contribution in [-0.4, -0.2) is 45.9 Å². The summed E-state index contributed by atoms with van der Waals surface area (Å²) in [6, 6.07) is 9.44. The van der Waals surface area contributed by atoms with Gasteiger partial charge in [-0.25, -0.2) is 9.97 Å². The Balaban J connectivity index is 0.000000227. The number of fused-ring (bicyclic) bond motifs is 1. The van der Waals surface area contributed by atoms with E-state index in [9.17, 15) is 4.79 Å². The maximum absolute atomic E-state index is 10.7. The zero-order chi connectivity index (χ0) is 18.8. The first-order valence-electron chi connectivity index (χ1n) is 9.30. The molecule has 1 fully saturated rings. The average Bonchev–Trinajstić information content (AvgIpc) is 3.14. The lowest BCUT2D eigenvalue weighted by molar-refractivity contribution is 0.112. The molecule has 1 aliphatic heterocycles. The second kappa shape index (κ2) is 10.5. The van der Waals surface area contributed by atoms with Gasteiger partial charge < -0.3 is 4.90 Å². The summed E-state index contributed by atoms with van der Waals surface area (Å²) in [5.41, 5.74) is 1.38. The van der Waals surface area contributed by atoms with Crippen molar-refractivity contribution in [3.05, 3.63) is 54.5 Å². The summed E-state index contributed by atoms with van der Waals surface area (Å²) in [4.78, 5) is 21.6. The van der Waals surface area contributed by atoms with Gasteiger partial charge in [-0.05, 0) is 57.2 Å². The van der Waals surface area contributed by atoms with E-state index in [0.29, 0.717) is 5.56 Å². The molecule has 0 spiro atoms. The Morgan fingerprint density at radius 2 is 1.81 bits per heavy atom. The molecule has 0 radical (unpaired) electrons. The van der Waals surface area contributed by atoms with Crippen LogP contribution in [0.5, 0.6) is 0 Å². The monoisotopic (exact) mass is 352 g/mol. The van der Waals surface area contributed by atoms with Crippen molar-refractivity contribution < 1.29 is 4.79 Å². The third-order valence-electron chi connectivity index (χ3n) is 4.16. The molecule has 3 aromatic rings. The molecule has 0 saturated carbocycles. The third-order valence-corrected chi connectivity index (χ3v) is 4.16. The van der Waals surface area contributed by atoms with Gasteiger partial charge in [-0.3, -0.25) is 9.36 Å². The number of rotatable bonds is 2. The highest BCUT2D eigenvalue weighted by atomic mass is 16.1. The van der Waals surface area contributed by atoms with Crippen molar-refractivity contribution in [3.8, 4) is 5.82 Å². The van der Waals surface area contributed by atoms with Crippen LogP contribution >= 0.6 is 0 Å². The highest BCUT2D eigenvalue weighted by Crippen LogP contribution is 2.17. The van der Waals surface area contributed by atoms with Gasteiger partial charge in [0, 0.05) is 29.5 Å². The molecule has 138 valence electrons. The molecule has 0 amide bonds. The molecule has 0 atom stereocenters. The maximum Gasteiger partial charge on any atom is 0.151 e. The second-order valence-electron chi connectivity index (χ2n) is 6.04. The van der Waals surface area contributed by atoms with Crippen LogP contribution < -0.4 is 0 Å². The van der Waals surface area contributed by atoms with E-state index in [1.807, 2.05) is 54.9 Å². The predicted octanol–water partition coefficient (Wildman–Crippen LogP) is 4.36. The number of likely N-dealkylation sites (tertiary alicyclic amines) is 1. The van der Waals surface area contributed by atoms with Crippen LogP contribution in [0.1, 0.15) is 43.5 Å². The zero-order valence-corrected chi connectivity index (χ0v) is 15.9. The minimum absolute atomic E-state index is 0.580. The largest absolute Gasteiger partial charge is 0.306 e. The minimum atomic E-state index is 0.580. The van der Waals surface area contributed by atoms with Crippen LogP contribution in [0.4, 0.5) is 0 Å². The SMILES string of the molecule is CC.CN1CCCCC1.O=Cc1cnc2c(ccn2-c2ccccn2)c1. The molecule has 0 unspecified atom stereocenters. The van der Waals surface area contributed by atoms with Crippen molar-refractivity contribution in [1.82, 2.24) is 19.4 Å². The average molecular weight is 352 g/mol. The predicted molar refractivity (Wildman–Crippen MR) is 107 cm³/mol. The van der Waals surface area contributed by atoms with Gasteiger partial charge in [-0.2, -0.15) is 0 Å². The van der Waals surface area contributed by atoms with Crippen molar-refractivity contribution in [2.45, 2.75) is 33.1 Å². The zero-order valence-electron chi connectivity index (χ0n) is 15.9. The fraction of sp³-hybridized carbons (Fsp3) is 0.381. The van der Waals surface area contributed by atoms with Gasteiger partial charge in [0.05, 0.1) is 0 Å². The Bertz CT molecular complexity index is 792. The quantitative estimate of drug-likeness (QED) is 0.643. The van der Waals surface area contributed by atoms with Crippen LogP contribution in [-0.2, 0) is 0 Å². The Labute approximate surface area is 155 Å². The van der Waals surface area contributed by atoms with Gasteiger partial charge in [-0.1, -0.05) is 26.3 Å². The lowest BCUT2D eigenvalue weighted by Gasteiger charge is -2.20. The highest BCUT2D eigenvalue weighted by Gasteiger charge is 2.05. The minimum Gasteiger partial charge on any atom is -0.306 e. The fourth-order valence-corrected chi connectivity index (χ4v) is 2.84. The van der Waals surface area contributed by atoms with Crippen molar-refractivity contribution in [1.29, 1.82) is 0 Å². The number of aldehydes is 1. The van der Waals surface area contributed by atoms with E-state index in [1.165, 1.54) is 32.4 Å². The van der Waals surface area contributed by atoms with Crippen molar-refractivity contribution in [2.24, 2.45) is 0 Å². The number of piperidine rings is 1. The van der Waals surface area contributed by atoms with E-state index in [0.717, 1.165) is 23.1 Å². The molecule has 5 heteroatoms. The number of nitrogens with zero attached hydrogens (tertiary/aromatic N) is 4. The van der Waals surface area contributed by atoms with Crippen LogP contribution in [0.3, 0.4) is 0 Å². The Morgan fingerprint density at radius 1 is 1.04 bits per heavy atom. The third kappa shape index (κ3) is 5.23. The molecule has 1 saturated heterocycles. The van der Waals surface area contributed by atoms with E-state index in [1.54, 1.807) is 12.4 Å². The first-order chi connectivity index (χ1) is 12.8. The van der Waals surface area contributed by atoms with E-state index in [4.69, 9.17) is 0 Å². The lowest BCUT2D eigenvalue weighted by atomic mass is 10.1. The van der Waals surface area contributed by atoms with E-state index >= 15 is 0 Å². The summed E-state index contributed by atoms with van der Waals surface area (Å²) in [5, 5.41) is 0.931. The molecule has 5 nitrogen and oxygen atoms in total. The molecule has 26 heavy (non-hydrogen) atoms. The van der Waals surface area contributed by atoms with Crippen molar-refractivity contribution in [3.63, 3.8) is 0 Å². The highest BCUT2D eigenvalue weighted by molar-refractivity contribution is 5.85. The van der Waals surface area contributed by atoms with Gasteiger partial charge in [-0.15, -0.1) is 0 Å². The van der Waals surface area contributed by atoms with E-state index in [-0.39, 0.29) is 0 Å². The number of hydrogen-bond donors (Lipinski definition) is 0. The second-order valence-corrected chi connectivity index (χ2v) is 6.04. The van der Waals surface area contributed by atoms with Gasteiger partial charge in [0.1, 0.15) is 11.5 Å². The van der Waals surface area contributed by atoms with E-state index in [2.05, 4.69) is 21.9 Å². The maximum atomic E-state index is 10.7. The Morgan fingerprint density at radius 3 is 2.38 bits per heavy atom. The molecule has 4 rings (SSSR count). The Hall–Kier alpha value is -2.53. The first-order valence-corrected chi connectivity index (χ1v) is 9.30. The summed E-state index contributed by atoms with van der Waals surface area (Å²) >= 11 is 0. The van der Waals surface area contributed by atoms with E-state index < -0.39 is 0 Å². The summed E-state index contributed by atoms with van der Waals surface area (Å²) in [5.74, 6) is 0.814. The lowest BCUT2D eigenvalue weighted by Crippen LogP contribution is -2.24. The molecule has 0 N–H and O–H groups in total. The van der Waals surface area contributed by atoms with Crippen LogP contribution in [0.15, 0.2) is 48.9 Å². The first kappa shape index (κ1) is 19.8. The number of hydrogen-bond acceptors (Lipinski definition) is 4. The standard InChI is InChI=1S/C13H9N3O.C6H13N.C2H6/c17-9-10-7-11-4-6-16(13(11)15-8-10)12-3-1-2-5-14-12;1-7-5-3-2-4-6-7;1-2/h1-9H;2-6H2,1H3;1-2H3. The number of carbonyl (C=O) groups excluding carboxylic acids is 1. The van der Waals surface area contributed by atoms with Gasteiger partial charge in [0.2, 0.25) is 0 Å². The topological polar surface area (TPSA) is 51.0 Å². The van der Waals surface area contributed by atoms with Gasteiger partial charge in [0.15, 0.2) is 6.29 Å². The summed E-state index contributed by atoms with van der Waals surface area (Å²) in [6.07, 6.45) is 10.3. The van der Waals surface area contributed by atoms with Crippen LogP contribution in [0.25, 0.3) is 16.9 Å². The molecule has 0 aromatic carbocycles. The molecule has 0 aliphatic carbocycles. The van der Waals surface area contributed by atoms with Gasteiger partial charge >= 0.3 is 0 Å². The number of carbonyl (C=O) groups is 1. The van der Waals surface area contributed by atoms with Crippen LogP contribution in [0.2, 0.25) is 0 Å². The number of pyridine rings is 2. The summed E-state index contributed by atoms with van der Waals surface area (Å²) in [7, 11) is 2.19. The number of aromatic nitrogens is 3. The smallest absolute Gasteiger partial charge is 0.151 e. The molecule has 4 heterocycles. The molecular formula is C21H28N4O. The van der Waals surface area contributed by atoms with Crippen molar-refractivity contribution >= 4 is 17.3 Å². The summed E-state index contributed by atoms with van der Waals surface area (Å²) < 4.78 is 1.89. The summed E-state index contributed by atoms with van der Waals surface area (Å²) in [6.45, 7) is 6.64. The fourth-order valence-electron chi connectivity index (χ4n) is 2.84. The van der Waals surface area contributed by atoms with Crippen molar-refractivity contribution in [2.75, 3.05) is 20.1 Å². The molecular weight excluding hydrogens is 324 g/mol. The Kier molecular flexibility index (Phi) is 7.96. The van der Waals surface area contributed by atoms with Gasteiger partial charge in [0.25, 0.3) is 0 Å². The molecule has 0 bridgehead atoms.